The normalized spacial score (nSPS) is 14.7. The van der Waals surface area contributed by atoms with Gasteiger partial charge in [-0.2, -0.15) is 0 Å². The van der Waals surface area contributed by atoms with Gasteiger partial charge in [-0.3, -0.25) is 4.79 Å². The first kappa shape index (κ1) is 16.7. The third kappa shape index (κ3) is 7.92. The van der Waals surface area contributed by atoms with Crippen molar-refractivity contribution in [2.24, 2.45) is 11.8 Å². The number of ether oxygens (including phenoxy) is 1. The van der Waals surface area contributed by atoms with E-state index in [-0.39, 0.29) is 11.8 Å². The molecule has 1 unspecified atom stereocenters. The molecule has 0 aromatic rings. The lowest BCUT2D eigenvalue weighted by atomic mass is 9.92. The number of hydrogen-bond donors (Lipinski definition) is 2. The predicted octanol–water partition coefficient (Wildman–Crippen LogP) is 2.65. The molecule has 0 rings (SSSR count). The van der Waals surface area contributed by atoms with E-state index in [1.54, 1.807) is 6.92 Å². The van der Waals surface area contributed by atoms with Gasteiger partial charge in [0, 0.05) is 6.54 Å². The SMILES string of the molecule is CC(C(=O)O)[C@@H](C)CCCNC(=O)OC(C)(C)C. The smallest absolute Gasteiger partial charge is 0.407 e. The Balaban J connectivity index is 3.74. The van der Waals surface area contributed by atoms with Gasteiger partial charge in [0.2, 0.25) is 0 Å². The molecule has 18 heavy (non-hydrogen) atoms. The number of amides is 1. The highest BCUT2D eigenvalue weighted by atomic mass is 16.6. The number of aliphatic carboxylic acids is 1. The molecule has 5 heteroatoms. The van der Waals surface area contributed by atoms with Gasteiger partial charge >= 0.3 is 12.1 Å². The largest absolute Gasteiger partial charge is 0.481 e. The molecule has 2 N–H and O–H groups in total. The Morgan fingerprint density at radius 3 is 2.28 bits per heavy atom. The lowest BCUT2D eigenvalue weighted by molar-refractivity contribution is -0.142. The van der Waals surface area contributed by atoms with Crippen molar-refractivity contribution in [2.75, 3.05) is 6.54 Å². The molecule has 0 spiro atoms. The molecule has 0 heterocycles. The molecule has 0 aliphatic heterocycles. The summed E-state index contributed by atoms with van der Waals surface area (Å²) in [5.74, 6) is -1.03. The third-order valence-corrected chi connectivity index (χ3v) is 2.75. The van der Waals surface area contributed by atoms with Gasteiger partial charge in [0.1, 0.15) is 5.60 Å². The highest BCUT2D eigenvalue weighted by molar-refractivity contribution is 5.69. The van der Waals surface area contributed by atoms with Crippen molar-refractivity contribution in [1.29, 1.82) is 0 Å². The average molecular weight is 259 g/mol. The molecule has 5 nitrogen and oxygen atoms in total. The first-order valence-electron chi connectivity index (χ1n) is 6.33. The highest BCUT2D eigenvalue weighted by Crippen LogP contribution is 2.16. The summed E-state index contributed by atoms with van der Waals surface area (Å²) < 4.78 is 5.09. The van der Waals surface area contributed by atoms with Gasteiger partial charge in [0.25, 0.3) is 0 Å². The van der Waals surface area contributed by atoms with E-state index in [0.717, 1.165) is 12.8 Å². The van der Waals surface area contributed by atoms with Crippen LogP contribution in [0.3, 0.4) is 0 Å². The maximum Gasteiger partial charge on any atom is 0.407 e. The molecule has 1 amide bonds. The molecular formula is C13H25NO4. The van der Waals surface area contributed by atoms with E-state index >= 15 is 0 Å². The minimum absolute atomic E-state index is 0.0999. The lowest BCUT2D eigenvalue weighted by Gasteiger charge is -2.20. The second-order valence-electron chi connectivity index (χ2n) is 5.68. The zero-order valence-electron chi connectivity index (χ0n) is 11.9. The maximum absolute atomic E-state index is 11.3. The van der Waals surface area contributed by atoms with E-state index in [9.17, 15) is 9.59 Å². The van der Waals surface area contributed by atoms with Gasteiger partial charge in [-0.1, -0.05) is 13.8 Å². The summed E-state index contributed by atoms with van der Waals surface area (Å²) in [7, 11) is 0. The Hall–Kier alpha value is -1.26. The van der Waals surface area contributed by atoms with E-state index in [1.165, 1.54) is 0 Å². The summed E-state index contributed by atoms with van der Waals surface area (Å²) in [6.07, 6.45) is 1.09. The monoisotopic (exact) mass is 259 g/mol. The van der Waals surface area contributed by atoms with Crippen LogP contribution in [-0.2, 0) is 9.53 Å². The minimum Gasteiger partial charge on any atom is -0.481 e. The molecule has 2 atom stereocenters. The number of alkyl carbamates (subject to hydrolysis) is 1. The van der Waals surface area contributed by atoms with Gasteiger partial charge < -0.3 is 15.2 Å². The molecule has 0 saturated carbocycles. The van der Waals surface area contributed by atoms with Crippen molar-refractivity contribution in [3.63, 3.8) is 0 Å². The molecule has 0 aromatic carbocycles. The summed E-state index contributed by atoms with van der Waals surface area (Å²) in [4.78, 5) is 22.1. The van der Waals surface area contributed by atoms with Crippen LogP contribution in [0.4, 0.5) is 4.79 Å². The van der Waals surface area contributed by atoms with Gasteiger partial charge in [-0.15, -0.1) is 0 Å². The molecule has 0 aliphatic rings. The molecule has 0 bridgehead atoms. The fraction of sp³-hybridized carbons (Fsp3) is 0.846. The van der Waals surface area contributed by atoms with Crippen molar-refractivity contribution in [1.82, 2.24) is 5.32 Å². The molecule has 0 aromatic heterocycles. The molecular weight excluding hydrogens is 234 g/mol. The van der Waals surface area contributed by atoms with Crippen molar-refractivity contribution in [3.05, 3.63) is 0 Å². The number of nitrogens with one attached hydrogen (secondary N) is 1. The maximum atomic E-state index is 11.3. The number of carbonyl (C=O) groups is 2. The fourth-order valence-corrected chi connectivity index (χ4v) is 1.42. The lowest BCUT2D eigenvalue weighted by Crippen LogP contribution is -2.33. The Bertz CT molecular complexity index is 283. The fourth-order valence-electron chi connectivity index (χ4n) is 1.42. The van der Waals surface area contributed by atoms with Gasteiger partial charge in [-0.05, 0) is 39.5 Å². The number of hydrogen-bond acceptors (Lipinski definition) is 3. The molecule has 0 saturated heterocycles. The second kappa shape index (κ2) is 7.24. The Morgan fingerprint density at radius 1 is 1.28 bits per heavy atom. The summed E-state index contributed by atoms with van der Waals surface area (Å²) in [5.41, 5.74) is -0.491. The van der Waals surface area contributed by atoms with Crippen LogP contribution in [0.25, 0.3) is 0 Å². The van der Waals surface area contributed by atoms with E-state index in [2.05, 4.69) is 5.32 Å². The van der Waals surface area contributed by atoms with E-state index in [0.29, 0.717) is 6.54 Å². The van der Waals surface area contributed by atoms with Crippen molar-refractivity contribution in [2.45, 2.75) is 53.1 Å². The number of carboxylic acid groups (broad SMARTS) is 1. The van der Waals surface area contributed by atoms with Crippen LogP contribution < -0.4 is 5.32 Å². The average Bonchev–Trinajstić information content (AvgIpc) is 2.20. The van der Waals surface area contributed by atoms with Crippen LogP contribution >= 0.6 is 0 Å². The summed E-state index contributed by atoms with van der Waals surface area (Å²) >= 11 is 0. The number of carbonyl (C=O) groups excluding carboxylic acids is 1. The van der Waals surface area contributed by atoms with Gasteiger partial charge in [-0.25, -0.2) is 4.79 Å². The first-order chi connectivity index (χ1) is 8.13. The highest BCUT2D eigenvalue weighted by Gasteiger charge is 2.19. The predicted molar refractivity (Wildman–Crippen MR) is 69.4 cm³/mol. The Kier molecular flexibility index (Phi) is 6.73. The van der Waals surface area contributed by atoms with Crippen LogP contribution in [0, 0.1) is 11.8 Å². The van der Waals surface area contributed by atoms with Crippen LogP contribution in [0.5, 0.6) is 0 Å². The first-order valence-corrected chi connectivity index (χ1v) is 6.33. The van der Waals surface area contributed by atoms with Gasteiger partial charge in [0.15, 0.2) is 0 Å². The Morgan fingerprint density at radius 2 is 1.83 bits per heavy atom. The minimum atomic E-state index is -0.775. The zero-order chi connectivity index (χ0) is 14.3. The zero-order valence-corrected chi connectivity index (χ0v) is 11.9. The number of rotatable bonds is 6. The van der Waals surface area contributed by atoms with Crippen molar-refractivity contribution < 1.29 is 19.4 Å². The number of carboxylic acids is 1. The van der Waals surface area contributed by atoms with Gasteiger partial charge in [0.05, 0.1) is 5.92 Å². The van der Waals surface area contributed by atoms with E-state index in [4.69, 9.17) is 9.84 Å². The van der Waals surface area contributed by atoms with Crippen molar-refractivity contribution >= 4 is 12.1 Å². The van der Waals surface area contributed by atoms with Crippen LogP contribution in [0.2, 0.25) is 0 Å². The van der Waals surface area contributed by atoms with E-state index < -0.39 is 17.7 Å². The summed E-state index contributed by atoms with van der Waals surface area (Å²) in [6, 6.07) is 0. The molecule has 106 valence electrons. The molecule has 0 aliphatic carbocycles. The van der Waals surface area contributed by atoms with E-state index in [1.807, 2.05) is 27.7 Å². The standard InChI is InChI=1S/C13H25NO4/c1-9(10(2)11(15)16)7-6-8-14-12(17)18-13(3,4)5/h9-10H,6-8H2,1-5H3,(H,14,17)(H,15,16)/t9-,10?/m0/s1. The molecule has 0 fully saturated rings. The third-order valence-electron chi connectivity index (χ3n) is 2.75. The Labute approximate surface area is 109 Å². The quantitative estimate of drug-likeness (QED) is 0.719. The van der Waals surface area contributed by atoms with Crippen LogP contribution in [-0.4, -0.2) is 29.3 Å². The summed E-state index contributed by atoms with van der Waals surface area (Å²) in [6.45, 7) is 9.54. The second-order valence-corrected chi connectivity index (χ2v) is 5.68. The van der Waals surface area contributed by atoms with Crippen molar-refractivity contribution in [3.8, 4) is 0 Å². The van der Waals surface area contributed by atoms with Crippen LogP contribution in [0.1, 0.15) is 47.5 Å². The topological polar surface area (TPSA) is 75.6 Å². The molecule has 0 radical (unpaired) electrons. The summed E-state index contributed by atoms with van der Waals surface area (Å²) in [5, 5.41) is 11.5. The van der Waals surface area contributed by atoms with Crippen LogP contribution in [0.15, 0.2) is 0 Å².